The van der Waals surface area contributed by atoms with Gasteiger partial charge in [0.05, 0.1) is 18.8 Å². The van der Waals surface area contributed by atoms with Crippen LogP contribution in [0.15, 0.2) is 18.6 Å². The van der Waals surface area contributed by atoms with Crippen LogP contribution in [0.1, 0.15) is 169 Å². The third kappa shape index (κ3) is 17.6. The van der Waals surface area contributed by atoms with E-state index in [1.54, 1.807) is 0 Å². The van der Waals surface area contributed by atoms with E-state index >= 15 is 0 Å². The summed E-state index contributed by atoms with van der Waals surface area (Å²) in [6.45, 7) is 17.7. The molecule has 1 aromatic rings. The number of nitrogens with one attached hydrogen (secondary N) is 4. The number of amides is 5. The summed E-state index contributed by atoms with van der Waals surface area (Å²) >= 11 is 0. The first-order chi connectivity index (χ1) is 27.1. The molecule has 3 rings (SSSR count). The molecule has 0 saturated heterocycles. The molecule has 0 radical (unpaired) electrons. The summed E-state index contributed by atoms with van der Waals surface area (Å²) in [5, 5.41) is 11.2. The number of hydrogen-bond acceptors (Lipinski definition) is 8. The van der Waals surface area contributed by atoms with Crippen molar-refractivity contribution in [3.05, 3.63) is 24.3 Å². The normalized spacial score (nSPS) is 16.5. The van der Waals surface area contributed by atoms with Gasteiger partial charge in [0.15, 0.2) is 0 Å². The Morgan fingerprint density at radius 2 is 1.42 bits per heavy atom. The van der Waals surface area contributed by atoms with Crippen molar-refractivity contribution in [2.45, 2.75) is 183 Å². The topological polar surface area (TPSA) is 180 Å². The molecule has 0 bridgehead atoms. The van der Waals surface area contributed by atoms with Gasteiger partial charge in [-0.2, -0.15) is 0 Å². The molecule has 2 aliphatic carbocycles. The molecule has 4 N–H and O–H groups in total. The zero-order valence-corrected chi connectivity index (χ0v) is 36.6. The Bertz CT molecular complexity index is 1400. The lowest BCUT2D eigenvalue weighted by Crippen LogP contribution is -2.61. The average molecular weight is 798 g/mol. The Morgan fingerprint density at radius 1 is 0.807 bits per heavy atom. The van der Waals surface area contributed by atoms with Crippen LogP contribution < -0.4 is 21.3 Å². The minimum absolute atomic E-state index is 0.000672. The van der Waals surface area contributed by atoms with Crippen LogP contribution in [0.3, 0.4) is 0 Å². The molecule has 1 heterocycles. The van der Waals surface area contributed by atoms with Gasteiger partial charge < -0.3 is 26.2 Å². The first-order valence-electron chi connectivity index (χ1n) is 21.9. The van der Waals surface area contributed by atoms with Crippen LogP contribution in [0.5, 0.6) is 0 Å². The smallest absolute Gasteiger partial charge is 0.289 e. The highest BCUT2D eigenvalue weighted by molar-refractivity contribution is 6.38. The zero-order chi connectivity index (χ0) is 42.5. The van der Waals surface area contributed by atoms with E-state index in [2.05, 4.69) is 65.9 Å². The van der Waals surface area contributed by atoms with Gasteiger partial charge >= 0.3 is 0 Å². The molecule has 2 saturated carbocycles. The van der Waals surface area contributed by atoms with Crippen molar-refractivity contribution in [2.75, 3.05) is 13.1 Å². The van der Waals surface area contributed by atoms with E-state index in [9.17, 15) is 28.8 Å². The van der Waals surface area contributed by atoms with Gasteiger partial charge in [0.1, 0.15) is 17.8 Å². The number of ketones is 1. The Morgan fingerprint density at radius 3 is 1.93 bits per heavy atom. The predicted octanol–water partition coefficient (Wildman–Crippen LogP) is 6.31. The molecule has 4 atom stereocenters. The molecule has 322 valence electrons. The lowest BCUT2D eigenvalue weighted by molar-refractivity contribution is -0.144. The van der Waals surface area contributed by atoms with E-state index in [1.807, 2.05) is 20.8 Å². The van der Waals surface area contributed by atoms with Gasteiger partial charge in [0.25, 0.3) is 11.8 Å². The monoisotopic (exact) mass is 798 g/mol. The van der Waals surface area contributed by atoms with E-state index in [0.717, 1.165) is 70.6 Å². The van der Waals surface area contributed by atoms with Crippen LogP contribution in [-0.2, 0) is 24.0 Å². The molecule has 2 fully saturated rings. The van der Waals surface area contributed by atoms with Gasteiger partial charge in [0, 0.05) is 25.0 Å². The molecule has 13 nitrogen and oxygen atoms in total. The number of rotatable bonds is 22. The van der Waals surface area contributed by atoms with Gasteiger partial charge in [-0.1, -0.05) is 126 Å². The van der Waals surface area contributed by atoms with E-state index < -0.39 is 58.9 Å². The van der Waals surface area contributed by atoms with Crippen LogP contribution >= 0.6 is 0 Å². The first kappa shape index (κ1) is 49.2. The Hall–Kier alpha value is -3.90. The predicted molar refractivity (Wildman–Crippen MR) is 224 cm³/mol. The van der Waals surface area contributed by atoms with Gasteiger partial charge in [-0.25, -0.2) is 4.98 Å². The zero-order valence-electron chi connectivity index (χ0n) is 36.6. The second kappa shape index (κ2) is 25.5. The van der Waals surface area contributed by atoms with Crippen molar-refractivity contribution in [1.29, 1.82) is 0 Å². The summed E-state index contributed by atoms with van der Waals surface area (Å²) in [6.07, 6.45) is 19.7. The molecule has 13 heteroatoms. The average Bonchev–Trinajstić information content (AvgIpc) is 4.01. The van der Waals surface area contributed by atoms with Crippen LogP contribution in [0.25, 0.3) is 0 Å². The van der Waals surface area contributed by atoms with E-state index in [4.69, 9.17) is 0 Å². The minimum atomic E-state index is -1.08. The van der Waals surface area contributed by atoms with Crippen LogP contribution in [0, 0.1) is 23.2 Å². The molecule has 2 aliphatic rings. The van der Waals surface area contributed by atoms with Gasteiger partial charge in [-0.3, -0.25) is 33.8 Å². The van der Waals surface area contributed by atoms with E-state index in [-0.39, 0.29) is 36.7 Å². The van der Waals surface area contributed by atoms with Crippen molar-refractivity contribution in [3.63, 3.8) is 0 Å². The summed E-state index contributed by atoms with van der Waals surface area (Å²) in [5.74, 6) is -3.24. The summed E-state index contributed by atoms with van der Waals surface area (Å²) in [4.78, 5) is 90.1. The summed E-state index contributed by atoms with van der Waals surface area (Å²) < 4.78 is 0. The summed E-state index contributed by atoms with van der Waals surface area (Å²) in [5.41, 5.74) is -0.681. The molecule has 0 spiro atoms. The molecule has 4 unspecified atom stereocenters. The summed E-state index contributed by atoms with van der Waals surface area (Å²) in [7, 11) is 0. The number of carbonyl (C=O) groups excluding carboxylic acids is 6. The number of aromatic nitrogens is 2. The van der Waals surface area contributed by atoms with Crippen molar-refractivity contribution in [3.8, 4) is 0 Å². The highest BCUT2D eigenvalue weighted by Gasteiger charge is 2.41. The fraction of sp³-hybridized carbons (Fsp3) is 0.773. The Labute approximate surface area is 342 Å². The SMILES string of the molecule is CCCC(CCC)C(C)CN(CC(=O)NC(C)C(=O)C(=O)NC1CC1)C(=O)C(NC(=O)C(NC(=O)c1cnccn1)C1CCCCC1)C(C)(C)C.CCCCCC. The fourth-order valence-electron chi connectivity index (χ4n) is 7.45. The third-order valence-electron chi connectivity index (χ3n) is 11.0. The first-order valence-corrected chi connectivity index (χ1v) is 21.9. The highest BCUT2D eigenvalue weighted by atomic mass is 16.2. The third-order valence-corrected chi connectivity index (χ3v) is 11.0. The van der Waals surface area contributed by atoms with Crippen molar-refractivity contribution >= 4 is 35.3 Å². The second-order valence-electron chi connectivity index (χ2n) is 17.4. The van der Waals surface area contributed by atoms with Crippen molar-refractivity contribution < 1.29 is 28.8 Å². The van der Waals surface area contributed by atoms with E-state index in [0.29, 0.717) is 5.92 Å². The maximum Gasteiger partial charge on any atom is 0.289 e. The Kier molecular flexibility index (Phi) is 22.0. The quantitative estimate of drug-likeness (QED) is 0.0779. The number of unbranched alkanes of at least 4 members (excludes halogenated alkanes) is 3. The molecule has 0 aromatic carbocycles. The molecular formula is C44H75N7O6. The highest BCUT2D eigenvalue weighted by Crippen LogP contribution is 2.29. The van der Waals surface area contributed by atoms with Gasteiger partial charge in [0.2, 0.25) is 23.5 Å². The summed E-state index contributed by atoms with van der Waals surface area (Å²) in [6, 6.07) is -3.02. The number of hydrogen-bond donors (Lipinski definition) is 4. The maximum absolute atomic E-state index is 14.6. The minimum Gasteiger partial charge on any atom is -0.347 e. The molecule has 1 aromatic heterocycles. The lowest BCUT2D eigenvalue weighted by atomic mass is 9.81. The van der Waals surface area contributed by atoms with Crippen LogP contribution in [0.2, 0.25) is 0 Å². The Balaban J connectivity index is 0.00000173. The largest absolute Gasteiger partial charge is 0.347 e. The second-order valence-corrected chi connectivity index (χ2v) is 17.4. The number of nitrogens with zero attached hydrogens (tertiary/aromatic N) is 3. The van der Waals surface area contributed by atoms with Gasteiger partial charge in [-0.15, -0.1) is 0 Å². The van der Waals surface area contributed by atoms with Crippen molar-refractivity contribution in [2.24, 2.45) is 23.2 Å². The van der Waals surface area contributed by atoms with E-state index in [1.165, 1.54) is 56.1 Å². The van der Waals surface area contributed by atoms with Crippen molar-refractivity contribution in [1.82, 2.24) is 36.1 Å². The van der Waals surface area contributed by atoms with Gasteiger partial charge in [-0.05, 0) is 55.8 Å². The molecule has 57 heavy (non-hydrogen) atoms. The standard InChI is InChI=1S/C38H61N7O6.C6H14/c1-8-13-26(14-9-2)24(3)22-45(23-30(46)41-25(4)32(47)36(50)42-28-17-18-28)37(51)33(38(5,6)7)44-35(49)31(27-15-11-10-12-16-27)43-34(48)29-21-39-19-20-40-29;1-3-5-6-4-2/h19-21,24-28,31,33H,8-18,22-23H2,1-7H3,(H,41,46)(H,42,50)(H,43,48)(H,44,49);3-6H2,1-2H3. The maximum atomic E-state index is 14.6. The lowest BCUT2D eigenvalue weighted by Gasteiger charge is -2.38. The van der Waals surface area contributed by atoms with Crippen LogP contribution in [-0.4, -0.2) is 87.4 Å². The molecule has 5 amide bonds. The fourth-order valence-corrected chi connectivity index (χ4v) is 7.45. The molecule has 0 aliphatic heterocycles. The van der Waals surface area contributed by atoms with Crippen LogP contribution in [0.4, 0.5) is 0 Å². The number of carbonyl (C=O) groups is 6. The number of Topliss-reactive ketones (excluding diaryl/α,β-unsaturated/α-hetero) is 1. The molecular weight excluding hydrogens is 723 g/mol.